The van der Waals surface area contributed by atoms with Crippen molar-refractivity contribution in [3.05, 3.63) is 11.2 Å². The Kier molecular flexibility index (Phi) is 8.17. The van der Waals surface area contributed by atoms with E-state index < -0.39 is 41.7 Å². The van der Waals surface area contributed by atoms with E-state index in [1.165, 1.54) is 0 Å². The Morgan fingerprint density at radius 1 is 0.973 bits per heavy atom. The van der Waals surface area contributed by atoms with Gasteiger partial charge in [-0.05, 0) is 107 Å². The molecule has 0 radical (unpaired) electrons. The summed E-state index contributed by atoms with van der Waals surface area (Å²) in [5.41, 5.74) is 5.73. The second-order valence-electron chi connectivity index (χ2n) is 13.6. The van der Waals surface area contributed by atoms with E-state index in [2.05, 4.69) is 0 Å². The van der Waals surface area contributed by atoms with Gasteiger partial charge in [-0.15, -0.1) is 0 Å². The van der Waals surface area contributed by atoms with Crippen molar-refractivity contribution in [2.24, 2.45) is 22.6 Å². The molecule has 0 unspecified atom stereocenters. The van der Waals surface area contributed by atoms with Gasteiger partial charge < -0.3 is 24.5 Å². The van der Waals surface area contributed by atoms with Crippen molar-refractivity contribution in [2.75, 3.05) is 6.54 Å². The first-order chi connectivity index (χ1) is 16.8. The van der Waals surface area contributed by atoms with Crippen LogP contribution in [0, 0.1) is 11.8 Å². The Balaban J connectivity index is 1.65. The summed E-state index contributed by atoms with van der Waals surface area (Å²) >= 11 is 0. The third-order valence-electron chi connectivity index (χ3n) is 7.16. The van der Waals surface area contributed by atoms with Gasteiger partial charge in [-0.1, -0.05) is 0 Å². The molecule has 1 heterocycles. The largest absolute Gasteiger partial charge is 0.498 e. The number of rotatable bonds is 6. The van der Waals surface area contributed by atoms with Crippen LogP contribution in [0.3, 0.4) is 0 Å². The summed E-state index contributed by atoms with van der Waals surface area (Å²) in [7, 11) is -0.556. The molecule has 0 aromatic heterocycles. The van der Waals surface area contributed by atoms with Crippen LogP contribution in [0.15, 0.2) is 16.2 Å². The molecule has 2 saturated carbocycles. The number of aliphatic imine (C=N–C) groups is 1. The topological polar surface area (TPSA) is 113 Å². The minimum atomic E-state index is -0.721. The van der Waals surface area contributed by atoms with Gasteiger partial charge in [0, 0.05) is 23.9 Å². The minimum absolute atomic E-state index is 0.0635. The molecule has 208 valence electrons. The van der Waals surface area contributed by atoms with Crippen LogP contribution in [0.25, 0.3) is 0 Å². The highest BCUT2D eigenvalue weighted by Crippen LogP contribution is 2.41. The van der Waals surface area contributed by atoms with Gasteiger partial charge in [-0.25, -0.2) is 14.5 Å². The number of ether oxygens (including phenoxy) is 2. The Bertz CT molecular complexity index is 893. The molecule has 3 aliphatic rings. The molecule has 1 saturated heterocycles. The molecule has 0 bridgehead atoms. The van der Waals surface area contributed by atoms with Gasteiger partial charge in [-0.3, -0.25) is 4.99 Å². The summed E-state index contributed by atoms with van der Waals surface area (Å²) in [4.78, 5) is 31.4. The number of amides is 2. The van der Waals surface area contributed by atoms with E-state index in [1.54, 1.807) is 41.5 Å². The SMILES string of the molecule is CC(C)(C)OC(=O)N(CC1CC(N=C/C(B2OC(C)(C)C(C)(C)O2)=C(\N)C2CC2)C1)C(=O)OC(C)(C)C. The maximum atomic E-state index is 12.8. The van der Waals surface area contributed by atoms with Crippen LogP contribution in [-0.4, -0.2) is 65.4 Å². The van der Waals surface area contributed by atoms with Crippen molar-refractivity contribution in [3.8, 4) is 0 Å². The summed E-state index contributed by atoms with van der Waals surface area (Å²) in [6.07, 6.45) is 4.03. The van der Waals surface area contributed by atoms with Crippen LogP contribution >= 0.6 is 0 Å². The van der Waals surface area contributed by atoms with Crippen LogP contribution in [0.1, 0.15) is 94.9 Å². The summed E-state index contributed by atoms with van der Waals surface area (Å²) < 4.78 is 23.4. The zero-order valence-corrected chi connectivity index (χ0v) is 24.3. The zero-order valence-electron chi connectivity index (χ0n) is 24.3. The quantitative estimate of drug-likeness (QED) is 0.376. The average Bonchev–Trinajstić information content (AvgIpc) is 3.46. The standard InChI is InChI=1S/C27H46BN3O6/c1-24(2,3)34-22(32)31(23(33)35-25(4,5)6)16-17-13-19(14-17)30-15-20(21(29)18-11-12-18)28-36-26(7,8)27(9,10)37-28/h15,17-19H,11-14,16,29H2,1-10H3/b21-20+,30-15?. The van der Waals surface area contributed by atoms with Crippen LogP contribution < -0.4 is 5.73 Å². The monoisotopic (exact) mass is 519 g/mol. The second kappa shape index (κ2) is 10.2. The van der Waals surface area contributed by atoms with Crippen LogP contribution in [-0.2, 0) is 18.8 Å². The smallest absolute Gasteiger partial charge is 0.443 e. The van der Waals surface area contributed by atoms with Gasteiger partial charge in [0.15, 0.2) is 0 Å². The number of carbonyl (C=O) groups excluding carboxylic acids is 2. The molecular weight excluding hydrogens is 473 g/mol. The molecule has 37 heavy (non-hydrogen) atoms. The van der Waals surface area contributed by atoms with Gasteiger partial charge in [0.2, 0.25) is 0 Å². The molecule has 0 aromatic carbocycles. The Labute approximate surface area is 222 Å². The van der Waals surface area contributed by atoms with Crippen LogP contribution in [0.2, 0.25) is 0 Å². The molecule has 2 amide bonds. The van der Waals surface area contributed by atoms with Crippen molar-refractivity contribution < 1.29 is 28.4 Å². The molecule has 0 aromatic rings. The van der Waals surface area contributed by atoms with Gasteiger partial charge in [0.25, 0.3) is 0 Å². The van der Waals surface area contributed by atoms with Gasteiger partial charge in [0.1, 0.15) is 11.2 Å². The highest BCUT2D eigenvalue weighted by Gasteiger charge is 2.53. The van der Waals surface area contributed by atoms with Crippen LogP contribution in [0.4, 0.5) is 9.59 Å². The Hall–Kier alpha value is -2.07. The molecule has 3 fully saturated rings. The normalized spacial score (nSPS) is 25.9. The zero-order chi connectivity index (χ0) is 28.0. The molecule has 9 nitrogen and oxygen atoms in total. The van der Waals surface area contributed by atoms with Crippen LogP contribution in [0.5, 0.6) is 0 Å². The lowest BCUT2D eigenvalue weighted by Gasteiger charge is -2.36. The number of carbonyl (C=O) groups is 2. The summed E-state index contributed by atoms with van der Waals surface area (Å²) in [6.45, 7) is 18.9. The Morgan fingerprint density at radius 2 is 1.43 bits per heavy atom. The summed E-state index contributed by atoms with van der Waals surface area (Å²) in [5.74, 6) is 0.457. The fourth-order valence-corrected chi connectivity index (χ4v) is 4.14. The fourth-order valence-electron chi connectivity index (χ4n) is 4.14. The minimum Gasteiger partial charge on any atom is -0.443 e. The van der Waals surface area contributed by atoms with Gasteiger partial charge in [0.05, 0.1) is 17.2 Å². The van der Waals surface area contributed by atoms with Crippen molar-refractivity contribution in [1.82, 2.24) is 4.90 Å². The van der Waals surface area contributed by atoms with E-state index in [0.29, 0.717) is 5.92 Å². The van der Waals surface area contributed by atoms with E-state index in [1.807, 2.05) is 33.9 Å². The first-order valence-electron chi connectivity index (χ1n) is 13.4. The molecule has 10 heteroatoms. The average molecular weight is 519 g/mol. The van der Waals surface area contributed by atoms with Gasteiger partial charge >= 0.3 is 19.3 Å². The number of hydrogen-bond acceptors (Lipinski definition) is 8. The van der Waals surface area contributed by atoms with E-state index >= 15 is 0 Å². The predicted molar refractivity (Wildman–Crippen MR) is 144 cm³/mol. The second-order valence-corrected chi connectivity index (χ2v) is 13.6. The van der Waals surface area contributed by atoms with Crippen molar-refractivity contribution in [1.29, 1.82) is 0 Å². The summed E-state index contributed by atoms with van der Waals surface area (Å²) in [6, 6.07) is 0.0635. The fraction of sp³-hybridized carbons (Fsp3) is 0.815. The molecular formula is C27H46BN3O6. The van der Waals surface area contributed by atoms with Crippen molar-refractivity contribution in [2.45, 2.75) is 123 Å². The third kappa shape index (κ3) is 7.72. The van der Waals surface area contributed by atoms with E-state index in [4.69, 9.17) is 29.5 Å². The van der Waals surface area contributed by atoms with E-state index in [0.717, 1.165) is 41.8 Å². The maximum absolute atomic E-state index is 12.8. The molecule has 2 N–H and O–H groups in total. The highest BCUT2D eigenvalue weighted by atomic mass is 16.7. The van der Waals surface area contributed by atoms with Crippen molar-refractivity contribution in [3.63, 3.8) is 0 Å². The maximum Gasteiger partial charge on any atom is 0.498 e. The number of nitrogens with two attached hydrogens (primary N) is 1. The molecule has 2 aliphatic carbocycles. The lowest BCUT2D eigenvalue weighted by molar-refractivity contribution is -0.00461. The Morgan fingerprint density at radius 3 is 1.84 bits per heavy atom. The van der Waals surface area contributed by atoms with E-state index in [-0.39, 0.29) is 18.5 Å². The number of hydrogen-bond donors (Lipinski definition) is 1. The van der Waals surface area contributed by atoms with Crippen molar-refractivity contribution >= 4 is 25.5 Å². The molecule has 1 aliphatic heterocycles. The lowest BCUT2D eigenvalue weighted by atomic mass is 9.76. The highest BCUT2D eigenvalue weighted by molar-refractivity contribution is 6.60. The predicted octanol–water partition coefficient (Wildman–Crippen LogP) is 5.26. The number of nitrogens with zero attached hydrogens (tertiary/aromatic N) is 2. The third-order valence-corrected chi connectivity index (χ3v) is 7.16. The first-order valence-corrected chi connectivity index (χ1v) is 13.4. The first kappa shape index (κ1) is 29.5. The summed E-state index contributed by atoms with van der Waals surface area (Å²) in [5, 5.41) is 0. The molecule has 3 rings (SSSR count). The number of imide groups is 1. The molecule has 0 spiro atoms. The van der Waals surface area contributed by atoms with E-state index in [9.17, 15) is 9.59 Å². The molecule has 0 atom stereocenters. The van der Waals surface area contributed by atoms with Gasteiger partial charge in [-0.2, -0.15) is 0 Å². The lowest BCUT2D eigenvalue weighted by Crippen LogP contribution is -2.48. The number of allylic oxidation sites excluding steroid dienone is 2.